The molecule has 3 rings (SSSR count). The van der Waals surface area contributed by atoms with Gasteiger partial charge in [-0.05, 0) is 55.8 Å². The van der Waals surface area contributed by atoms with E-state index >= 15 is 0 Å². The second-order valence-corrected chi connectivity index (χ2v) is 6.21. The second-order valence-electron chi connectivity index (χ2n) is 6.21. The normalized spacial score (nSPS) is 47.2. The number of fused-ring (bicyclic) bond motifs is 5. The molecule has 16 heavy (non-hydrogen) atoms. The Hall–Kier alpha value is -0.0800. The van der Waals surface area contributed by atoms with Gasteiger partial charge in [-0.2, -0.15) is 0 Å². The molecule has 0 spiro atoms. The summed E-state index contributed by atoms with van der Waals surface area (Å²) in [4.78, 5) is 0. The molecule has 5 unspecified atom stereocenters. The fraction of sp³-hybridized carbons (Fsp3) is 1.00. The zero-order valence-electron chi connectivity index (χ0n) is 10.4. The van der Waals surface area contributed by atoms with E-state index in [2.05, 4.69) is 12.2 Å². The number of nitrogens with one attached hydrogen (secondary N) is 1. The second kappa shape index (κ2) is 4.30. The van der Waals surface area contributed by atoms with E-state index < -0.39 is 0 Å². The third-order valence-electron chi connectivity index (χ3n) is 5.59. The molecule has 0 aromatic rings. The molecular formula is C14H25NO. The third-order valence-corrected chi connectivity index (χ3v) is 5.59. The third kappa shape index (κ3) is 1.62. The van der Waals surface area contributed by atoms with Gasteiger partial charge in [0, 0.05) is 12.1 Å². The van der Waals surface area contributed by atoms with Crippen LogP contribution in [0.5, 0.6) is 0 Å². The molecule has 92 valence electrons. The maximum atomic E-state index is 9.28. The number of hydrogen-bond acceptors (Lipinski definition) is 2. The summed E-state index contributed by atoms with van der Waals surface area (Å²) in [6, 6.07) is 1.06. The molecule has 0 aliphatic heterocycles. The van der Waals surface area contributed by atoms with Crippen LogP contribution in [0.25, 0.3) is 0 Å². The first kappa shape index (κ1) is 11.0. The molecule has 3 aliphatic carbocycles. The first-order chi connectivity index (χ1) is 7.83. The first-order valence-corrected chi connectivity index (χ1v) is 7.20. The fourth-order valence-electron chi connectivity index (χ4n) is 4.86. The van der Waals surface area contributed by atoms with Crippen molar-refractivity contribution in [2.45, 2.75) is 57.5 Å². The van der Waals surface area contributed by atoms with Crippen molar-refractivity contribution in [1.82, 2.24) is 5.32 Å². The summed E-state index contributed by atoms with van der Waals surface area (Å²) in [5.41, 5.74) is 0. The molecule has 0 aromatic heterocycles. The van der Waals surface area contributed by atoms with Gasteiger partial charge in [-0.3, -0.25) is 0 Å². The summed E-state index contributed by atoms with van der Waals surface area (Å²) in [7, 11) is 0. The average molecular weight is 223 g/mol. The van der Waals surface area contributed by atoms with E-state index in [9.17, 15) is 5.11 Å². The molecule has 2 heteroatoms. The first-order valence-electron chi connectivity index (χ1n) is 7.20. The van der Waals surface area contributed by atoms with E-state index in [1.807, 2.05) is 0 Å². The van der Waals surface area contributed by atoms with Crippen LogP contribution >= 0.6 is 0 Å². The minimum absolute atomic E-state index is 0.304. The van der Waals surface area contributed by atoms with Gasteiger partial charge < -0.3 is 10.4 Å². The molecule has 2 N–H and O–H groups in total. The van der Waals surface area contributed by atoms with Gasteiger partial charge in [0.2, 0.25) is 0 Å². The van der Waals surface area contributed by atoms with Gasteiger partial charge in [0.05, 0.1) is 6.61 Å². The van der Waals surface area contributed by atoms with Gasteiger partial charge in [0.25, 0.3) is 0 Å². The van der Waals surface area contributed by atoms with Crippen molar-refractivity contribution < 1.29 is 5.11 Å². The van der Waals surface area contributed by atoms with Gasteiger partial charge in [-0.15, -0.1) is 0 Å². The molecule has 0 radical (unpaired) electrons. The van der Waals surface area contributed by atoms with Crippen molar-refractivity contribution in [2.75, 3.05) is 6.61 Å². The number of aliphatic hydroxyl groups is 1. The lowest BCUT2D eigenvalue weighted by atomic mass is 9.79. The van der Waals surface area contributed by atoms with Crippen LogP contribution in [-0.2, 0) is 0 Å². The summed E-state index contributed by atoms with van der Waals surface area (Å²) in [6.07, 6.45) is 8.40. The van der Waals surface area contributed by atoms with Crippen LogP contribution in [0.15, 0.2) is 0 Å². The van der Waals surface area contributed by atoms with Crippen LogP contribution in [0, 0.1) is 23.7 Å². The highest BCUT2D eigenvalue weighted by Crippen LogP contribution is 2.58. The minimum Gasteiger partial charge on any atom is -0.395 e. The zero-order chi connectivity index (χ0) is 11.1. The van der Waals surface area contributed by atoms with E-state index in [1.165, 1.54) is 32.1 Å². The Morgan fingerprint density at radius 2 is 2.00 bits per heavy atom. The lowest BCUT2D eigenvalue weighted by Crippen LogP contribution is -2.45. The van der Waals surface area contributed by atoms with Crippen LogP contribution in [0.3, 0.4) is 0 Å². The molecule has 2 bridgehead atoms. The van der Waals surface area contributed by atoms with E-state index in [0.29, 0.717) is 12.6 Å². The van der Waals surface area contributed by atoms with Crippen molar-refractivity contribution in [2.24, 2.45) is 23.7 Å². The molecule has 3 fully saturated rings. The van der Waals surface area contributed by atoms with Crippen LogP contribution in [0.1, 0.15) is 45.4 Å². The van der Waals surface area contributed by atoms with Crippen molar-refractivity contribution in [3.8, 4) is 0 Å². The minimum atomic E-state index is 0.304. The molecule has 0 aromatic carbocycles. The molecular weight excluding hydrogens is 198 g/mol. The maximum absolute atomic E-state index is 9.28. The van der Waals surface area contributed by atoms with Crippen molar-refractivity contribution >= 4 is 0 Å². The number of rotatable bonds is 4. The van der Waals surface area contributed by atoms with E-state index in [0.717, 1.165) is 36.1 Å². The van der Waals surface area contributed by atoms with Crippen molar-refractivity contribution in [1.29, 1.82) is 0 Å². The lowest BCUT2D eigenvalue weighted by molar-refractivity contribution is 0.169. The smallest absolute Gasteiger partial charge is 0.0584 e. The SMILES string of the molecule is CC[C@H](CO)NC1CC2CC1C1CCCC21. The Morgan fingerprint density at radius 1 is 1.19 bits per heavy atom. The largest absolute Gasteiger partial charge is 0.395 e. The molecule has 3 aliphatic rings. The van der Waals surface area contributed by atoms with Gasteiger partial charge in [-0.1, -0.05) is 13.3 Å². The Balaban J connectivity index is 1.63. The molecule has 0 heterocycles. The molecule has 0 saturated heterocycles. The van der Waals surface area contributed by atoms with Gasteiger partial charge >= 0.3 is 0 Å². The van der Waals surface area contributed by atoms with Crippen LogP contribution in [0.2, 0.25) is 0 Å². The highest BCUT2D eigenvalue weighted by atomic mass is 16.3. The van der Waals surface area contributed by atoms with Crippen molar-refractivity contribution in [3.63, 3.8) is 0 Å². The molecule has 3 saturated carbocycles. The Labute approximate surface area is 98.8 Å². The van der Waals surface area contributed by atoms with Gasteiger partial charge in [-0.25, -0.2) is 0 Å². The maximum Gasteiger partial charge on any atom is 0.0584 e. The number of hydrogen-bond donors (Lipinski definition) is 2. The quantitative estimate of drug-likeness (QED) is 0.765. The average Bonchev–Trinajstić information content (AvgIpc) is 2.96. The monoisotopic (exact) mass is 223 g/mol. The summed E-state index contributed by atoms with van der Waals surface area (Å²) in [5.74, 6) is 4.08. The summed E-state index contributed by atoms with van der Waals surface area (Å²) < 4.78 is 0. The van der Waals surface area contributed by atoms with E-state index in [-0.39, 0.29) is 0 Å². The Bertz CT molecular complexity index is 251. The predicted molar refractivity (Wildman–Crippen MR) is 65.1 cm³/mol. The zero-order valence-corrected chi connectivity index (χ0v) is 10.4. The molecule has 2 nitrogen and oxygen atoms in total. The molecule has 0 amide bonds. The van der Waals surface area contributed by atoms with Crippen LogP contribution in [0.4, 0.5) is 0 Å². The van der Waals surface area contributed by atoms with Crippen molar-refractivity contribution in [3.05, 3.63) is 0 Å². The standard InChI is InChI=1S/C14H25NO/c1-2-10(8-16)15-14-7-9-6-13(14)12-5-3-4-11(9)12/h9-16H,2-8H2,1H3/t9?,10-,11?,12?,13?,14?/m1/s1. The van der Waals surface area contributed by atoms with Crippen LogP contribution in [-0.4, -0.2) is 23.8 Å². The van der Waals surface area contributed by atoms with E-state index in [4.69, 9.17) is 0 Å². The highest BCUT2D eigenvalue weighted by Gasteiger charge is 2.53. The Morgan fingerprint density at radius 3 is 2.75 bits per heavy atom. The summed E-state index contributed by atoms with van der Waals surface area (Å²) >= 11 is 0. The number of aliphatic hydroxyl groups excluding tert-OH is 1. The topological polar surface area (TPSA) is 32.3 Å². The Kier molecular flexibility index (Phi) is 2.97. The predicted octanol–water partition coefficient (Wildman–Crippen LogP) is 2.17. The van der Waals surface area contributed by atoms with Gasteiger partial charge in [0.1, 0.15) is 0 Å². The highest BCUT2D eigenvalue weighted by molar-refractivity contribution is 5.05. The summed E-state index contributed by atoms with van der Waals surface area (Å²) in [6.45, 7) is 2.47. The summed E-state index contributed by atoms with van der Waals surface area (Å²) in [5, 5.41) is 13.0. The van der Waals surface area contributed by atoms with Gasteiger partial charge in [0.15, 0.2) is 0 Å². The van der Waals surface area contributed by atoms with E-state index in [1.54, 1.807) is 0 Å². The fourth-order valence-corrected chi connectivity index (χ4v) is 4.86. The molecule has 6 atom stereocenters. The lowest BCUT2D eigenvalue weighted by Gasteiger charge is -2.34. The van der Waals surface area contributed by atoms with Crippen LogP contribution < -0.4 is 5.32 Å².